The predicted molar refractivity (Wildman–Crippen MR) is 90.6 cm³/mol. The van der Waals surface area contributed by atoms with Gasteiger partial charge in [-0.15, -0.1) is 5.10 Å². The Morgan fingerprint density at radius 2 is 1.71 bits per heavy atom. The van der Waals surface area contributed by atoms with Crippen molar-refractivity contribution in [3.63, 3.8) is 0 Å². The van der Waals surface area contributed by atoms with Gasteiger partial charge in [-0.2, -0.15) is 4.68 Å². The van der Waals surface area contributed by atoms with Gasteiger partial charge in [0.1, 0.15) is 5.82 Å². The maximum Gasteiger partial charge on any atom is 0.169 e. The first-order valence-corrected chi connectivity index (χ1v) is 8.96. The maximum absolute atomic E-state index is 12.9. The molecule has 5 nitrogen and oxygen atoms in total. The highest BCUT2D eigenvalue weighted by atomic mass is 32.2. The second kappa shape index (κ2) is 7.00. The van der Waals surface area contributed by atoms with Gasteiger partial charge in [-0.25, -0.2) is 4.39 Å². The van der Waals surface area contributed by atoms with Gasteiger partial charge in [0.15, 0.2) is 5.82 Å². The van der Waals surface area contributed by atoms with Crippen LogP contribution in [-0.2, 0) is 22.3 Å². The fourth-order valence-corrected chi connectivity index (χ4v) is 3.70. The monoisotopic (exact) mass is 344 g/mol. The Morgan fingerprint density at radius 3 is 2.38 bits per heavy atom. The van der Waals surface area contributed by atoms with Crippen molar-refractivity contribution in [1.82, 2.24) is 20.2 Å². The Morgan fingerprint density at radius 1 is 1.04 bits per heavy atom. The third-order valence-corrected chi connectivity index (χ3v) is 4.95. The van der Waals surface area contributed by atoms with Crippen LogP contribution in [0.2, 0.25) is 0 Å². The molecule has 0 aliphatic rings. The number of tetrazole rings is 1. The van der Waals surface area contributed by atoms with Gasteiger partial charge in [0.2, 0.25) is 0 Å². The number of aryl methyl sites for hydroxylation is 2. The Hall–Kier alpha value is -2.41. The molecule has 0 aliphatic carbocycles. The highest BCUT2D eigenvalue weighted by Crippen LogP contribution is 2.19. The number of benzene rings is 2. The van der Waals surface area contributed by atoms with E-state index in [-0.39, 0.29) is 11.6 Å². The molecule has 3 aromatic rings. The van der Waals surface area contributed by atoms with Crippen LogP contribution in [0.15, 0.2) is 42.5 Å². The van der Waals surface area contributed by atoms with E-state index in [1.165, 1.54) is 12.1 Å². The lowest BCUT2D eigenvalue weighted by Gasteiger charge is -2.10. The molecule has 3 rings (SSSR count). The van der Waals surface area contributed by atoms with Crippen LogP contribution >= 0.6 is 0 Å². The quantitative estimate of drug-likeness (QED) is 0.714. The fourth-order valence-electron chi connectivity index (χ4n) is 2.57. The molecule has 0 amide bonds. The number of hydrogen-bond acceptors (Lipinski definition) is 4. The van der Waals surface area contributed by atoms with E-state index in [0.29, 0.717) is 11.6 Å². The Kier molecular flexibility index (Phi) is 4.80. The third kappa shape index (κ3) is 3.56. The lowest BCUT2D eigenvalue weighted by atomic mass is 10.1. The molecule has 0 spiro atoms. The Bertz CT molecular complexity index is 856. The van der Waals surface area contributed by atoms with Crippen LogP contribution in [-0.4, -0.2) is 24.4 Å². The number of hydrogen-bond donors (Lipinski definition) is 0. The van der Waals surface area contributed by atoms with Gasteiger partial charge in [-0.3, -0.25) is 4.21 Å². The second-order valence-corrected chi connectivity index (χ2v) is 7.06. The number of para-hydroxylation sites is 1. The lowest BCUT2D eigenvalue weighted by Crippen LogP contribution is -2.10. The first-order chi connectivity index (χ1) is 11.5. The van der Waals surface area contributed by atoms with Gasteiger partial charge in [-0.1, -0.05) is 30.3 Å². The molecule has 2 aromatic carbocycles. The molecule has 0 fully saturated rings. The molecule has 0 saturated heterocycles. The largest absolute Gasteiger partial charge is 0.259 e. The number of aromatic nitrogens is 4. The summed E-state index contributed by atoms with van der Waals surface area (Å²) in [4.78, 5) is 0. The van der Waals surface area contributed by atoms with Crippen molar-refractivity contribution in [2.24, 2.45) is 0 Å². The van der Waals surface area contributed by atoms with Crippen molar-refractivity contribution in [2.45, 2.75) is 25.4 Å². The molecule has 24 heavy (non-hydrogen) atoms. The van der Waals surface area contributed by atoms with Crippen LogP contribution in [0.5, 0.6) is 0 Å². The van der Waals surface area contributed by atoms with Crippen LogP contribution in [0.25, 0.3) is 5.69 Å². The zero-order chi connectivity index (χ0) is 17.1. The first-order valence-electron chi connectivity index (χ1n) is 7.48. The summed E-state index contributed by atoms with van der Waals surface area (Å²) in [6.07, 6.45) is 0. The minimum Gasteiger partial charge on any atom is -0.259 e. The Balaban J connectivity index is 1.81. The van der Waals surface area contributed by atoms with E-state index in [1.54, 1.807) is 16.8 Å². The van der Waals surface area contributed by atoms with Crippen LogP contribution in [0.1, 0.15) is 22.5 Å². The summed E-state index contributed by atoms with van der Waals surface area (Å²) in [5, 5.41) is 11.8. The van der Waals surface area contributed by atoms with E-state index < -0.39 is 10.8 Å². The summed E-state index contributed by atoms with van der Waals surface area (Å²) < 4.78 is 27.0. The summed E-state index contributed by atoms with van der Waals surface area (Å²) in [5.74, 6) is 0.814. The van der Waals surface area contributed by atoms with E-state index in [4.69, 9.17) is 0 Å². The van der Waals surface area contributed by atoms with Gasteiger partial charge in [0.05, 0.1) is 11.4 Å². The van der Waals surface area contributed by atoms with Crippen molar-refractivity contribution in [3.8, 4) is 5.69 Å². The average Bonchev–Trinajstić information content (AvgIpc) is 2.97. The molecule has 0 bridgehead atoms. The lowest BCUT2D eigenvalue weighted by molar-refractivity contribution is 0.627. The minimum absolute atomic E-state index is 0.234. The van der Waals surface area contributed by atoms with Crippen LogP contribution < -0.4 is 0 Å². The first kappa shape index (κ1) is 16.4. The van der Waals surface area contributed by atoms with Crippen molar-refractivity contribution in [3.05, 3.63) is 70.8 Å². The highest BCUT2D eigenvalue weighted by Gasteiger charge is 2.15. The normalized spacial score (nSPS) is 12.3. The van der Waals surface area contributed by atoms with E-state index in [2.05, 4.69) is 15.5 Å². The maximum atomic E-state index is 12.9. The third-order valence-electron chi connectivity index (χ3n) is 3.72. The summed E-state index contributed by atoms with van der Waals surface area (Å²) >= 11 is 0. The van der Waals surface area contributed by atoms with E-state index in [9.17, 15) is 8.60 Å². The van der Waals surface area contributed by atoms with Crippen LogP contribution in [0.4, 0.5) is 4.39 Å². The van der Waals surface area contributed by atoms with Gasteiger partial charge in [0.25, 0.3) is 0 Å². The summed E-state index contributed by atoms with van der Waals surface area (Å²) in [7, 11) is -1.19. The van der Waals surface area contributed by atoms with E-state index in [1.807, 2.05) is 32.0 Å². The van der Waals surface area contributed by atoms with Crippen LogP contribution in [0, 0.1) is 19.7 Å². The molecule has 0 unspecified atom stereocenters. The molecule has 0 saturated carbocycles. The molecule has 1 aromatic heterocycles. The second-order valence-electron chi connectivity index (χ2n) is 5.60. The van der Waals surface area contributed by atoms with Gasteiger partial charge < -0.3 is 0 Å². The summed E-state index contributed by atoms with van der Waals surface area (Å²) in [6, 6.07) is 12.0. The van der Waals surface area contributed by atoms with Gasteiger partial charge >= 0.3 is 0 Å². The van der Waals surface area contributed by atoms with Crippen molar-refractivity contribution >= 4 is 10.8 Å². The topological polar surface area (TPSA) is 60.7 Å². The minimum atomic E-state index is -1.19. The van der Waals surface area contributed by atoms with E-state index >= 15 is 0 Å². The molecule has 1 atom stereocenters. The fraction of sp³-hybridized carbons (Fsp3) is 0.235. The molecule has 7 heteroatoms. The molecule has 0 aliphatic heterocycles. The molecule has 0 N–H and O–H groups in total. The molecular weight excluding hydrogens is 327 g/mol. The Labute approximate surface area is 142 Å². The van der Waals surface area contributed by atoms with Crippen molar-refractivity contribution < 1.29 is 8.60 Å². The van der Waals surface area contributed by atoms with Crippen molar-refractivity contribution in [2.75, 3.05) is 0 Å². The predicted octanol–water partition coefficient (Wildman–Crippen LogP) is 2.87. The molecule has 0 radical (unpaired) electrons. The highest BCUT2D eigenvalue weighted by molar-refractivity contribution is 7.83. The SMILES string of the molecule is Cc1cccc(C)c1-n1nnnc1C[S@](=O)Cc1ccc(F)cc1. The van der Waals surface area contributed by atoms with E-state index in [0.717, 1.165) is 22.4 Å². The van der Waals surface area contributed by atoms with Crippen molar-refractivity contribution in [1.29, 1.82) is 0 Å². The number of rotatable bonds is 5. The zero-order valence-electron chi connectivity index (χ0n) is 13.4. The summed E-state index contributed by atoms with van der Waals surface area (Å²) in [6.45, 7) is 3.98. The molecule has 124 valence electrons. The number of nitrogens with zero attached hydrogens (tertiary/aromatic N) is 4. The van der Waals surface area contributed by atoms with Crippen LogP contribution in [0.3, 0.4) is 0 Å². The smallest absolute Gasteiger partial charge is 0.169 e. The molecular formula is C17H17FN4OS. The summed E-state index contributed by atoms with van der Waals surface area (Å²) in [5.41, 5.74) is 3.83. The molecule has 1 heterocycles. The van der Waals surface area contributed by atoms with Gasteiger partial charge in [0, 0.05) is 16.6 Å². The number of halogens is 1. The zero-order valence-corrected chi connectivity index (χ0v) is 14.3. The average molecular weight is 344 g/mol. The standard InChI is InChI=1S/C17H17FN4OS/c1-12-4-3-5-13(2)17(12)22-16(19-20-21-22)11-24(23)10-14-6-8-15(18)9-7-14/h3-9H,10-11H2,1-2H3/t24-/m1/s1. The van der Waals surface area contributed by atoms with Gasteiger partial charge in [-0.05, 0) is 53.1 Å².